The minimum Gasteiger partial charge on any atom is -0.486 e. The lowest BCUT2D eigenvalue weighted by molar-refractivity contribution is -0.134. The first-order chi connectivity index (χ1) is 14.1. The maximum atomic E-state index is 13.6. The van der Waals surface area contributed by atoms with Gasteiger partial charge in [0.05, 0.1) is 6.04 Å². The number of piperazine rings is 1. The Morgan fingerprint density at radius 2 is 1.87 bits per heavy atom. The molecule has 1 N–H and O–H groups in total. The fraction of sp³-hybridized carbons (Fsp3) is 0.364. The van der Waals surface area contributed by atoms with E-state index in [1.54, 1.807) is 29.2 Å². The van der Waals surface area contributed by atoms with E-state index in [-0.39, 0.29) is 48.8 Å². The minimum absolute atomic E-state index is 0. The van der Waals surface area contributed by atoms with Gasteiger partial charge in [-0.3, -0.25) is 9.59 Å². The summed E-state index contributed by atoms with van der Waals surface area (Å²) in [6.45, 7) is 2.71. The van der Waals surface area contributed by atoms with Gasteiger partial charge in [0.2, 0.25) is 5.91 Å². The third kappa shape index (κ3) is 4.91. The summed E-state index contributed by atoms with van der Waals surface area (Å²) in [4.78, 5) is 27.2. The van der Waals surface area contributed by atoms with Gasteiger partial charge >= 0.3 is 0 Å². The van der Waals surface area contributed by atoms with Crippen molar-refractivity contribution in [3.05, 3.63) is 59.4 Å². The third-order valence-corrected chi connectivity index (χ3v) is 5.23. The maximum absolute atomic E-state index is 13.6. The third-order valence-electron chi connectivity index (χ3n) is 5.23. The van der Waals surface area contributed by atoms with E-state index in [4.69, 9.17) is 9.47 Å². The molecule has 2 aromatic carbocycles. The van der Waals surface area contributed by atoms with E-state index >= 15 is 0 Å². The Hall–Kier alpha value is -2.64. The van der Waals surface area contributed by atoms with E-state index in [1.165, 1.54) is 12.1 Å². The number of benzene rings is 2. The van der Waals surface area contributed by atoms with Crippen molar-refractivity contribution in [1.82, 2.24) is 10.2 Å². The highest BCUT2D eigenvalue weighted by atomic mass is 35.5. The molecule has 2 aromatic rings. The quantitative estimate of drug-likeness (QED) is 0.732. The average molecular weight is 435 g/mol. The summed E-state index contributed by atoms with van der Waals surface area (Å²) >= 11 is 0. The molecule has 1 amide bonds. The smallest absolute Gasteiger partial charge is 0.223 e. The molecule has 2 aliphatic rings. The number of rotatable bonds is 5. The highest BCUT2D eigenvalue weighted by molar-refractivity contribution is 5.98. The van der Waals surface area contributed by atoms with Gasteiger partial charge in [-0.1, -0.05) is 12.1 Å². The van der Waals surface area contributed by atoms with E-state index in [2.05, 4.69) is 5.32 Å². The van der Waals surface area contributed by atoms with Crippen molar-refractivity contribution in [1.29, 1.82) is 0 Å². The number of carbonyl (C=O) groups excluding carboxylic acids is 2. The Morgan fingerprint density at radius 1 is 1.07 bits per heavy atom. The van der Waals surface area contributed by atoms with Gasteiger partial charge in [-0.05, 0) is 35.9 Å². The van der Waals surface area contributed by atoms with Crippen LogP contribution in [-0.2, 0) is 4.79 Å². The van der Waals surface area contributed by atoms with Gasteiger partial charge in [0.1, 0.15) is 19.0 Å². The van der Waals surface area contributed by atoms with Crippen LogP contribution < -0.4 is 14.8 Å². The van der Waals surface area contributed by atoms with Crippen molar-refractivity contribution in [2.45, 2.75) is 18.9 Å². The minimum atomic E-state index is -0.325. The molecule has 4 rings (SSSR count). The first kappa shape index (κ1) is 22.1. The van der Waals surface area contributed by atoms with E-state index in [1.807, 2.05) is 6.07 Å². The summed E-state index contributed by atoms with van der Waals surface area (Å²) in [5.74, 6) is 0.637. The van der Waals surface area contributed by atoms with Crippen LogP contribution in [0.2, 0.25) is 0 Å². The van der Waals surface area contributed by atoms with Crippen molar-refractivity contribution in [3.63, 3.8) is 0 Å². The molecule has 0 aromatic heterocycles. The number of ether oxygens (including phenoxy) is 2. The largest absolute Gasteiger partial charge is 0.486 e. The summed E-state index contributed by atoms with van der Waals surface area (Å²) < 4.78 is 24.6. The molecule has 1 fully saturated rings. The molecular formula is C22H24ClFN2O4. The topological polar surface area (TPSA) is 67.9 Å². The van der Waals surface area contributed by atoms with Crippen LogP contribution in [0.15, 0.2) is 42.5 Å². The molecule has 0 bridgehead atoms. The normalized spacial score (nSPS) is 17.8. The lowest BCUT2D eigenvalue weighted by Crippen LogP contribution is -2.48. The number of hydrogen-bond acceptors (Lipinski definition) is 5. The van der Waals surface area contributed by atoms with Crippen molar-refractivity contribution < 1.29 is 23.5 Å². The fourth-order valence-electron chi connectivity index (χ4n) is 3.74. The van der Waals surface area contributed by atoms with Crippen LogP contribution in [0.5, 0.6) is 11.5 Å². The Balaban J connectivity index is 0.00000256. The van der Waals surface area contributed by atoms with Gasteiger partial charge in [0.15, 0.2) is 17.3 Å². The van der Waals surface area contributed by atoms with Crippen LogP contribution in [-0.4, -0.2) is 49.4 Å². The Kier molecular flexibility index (Phi) is 7.29. The average Bonchev–Trinajstić information content (AvgIpc) is 2.77. The highest BCUT2D eigenvalue weighted by Crippen LogP contribution is 2.31. The predicted molar refractivity (Wildman–Crippen MR) is 112 cm³/mol. The van der Waals surface area contributed by atoms with Crippen LogP contribution in [0.4, 0.5) is 4.39 Å². The molecule has 1 unspecified atom stereocenters. The Bertz CT molecular complexity index is 924. The van der Waals surface area contributed by atoms with Gasteiger partial charge in [-0.25, -0.2) is 4.39 Å². The van der Waals surface area contributed by atoms with Gasteiger partial charge in [-0.15, -0.1) is 12.4 Å². The maximum Gasteiger partial charge on any atom is 0.223 e. The van der Waals surface area contributed by atoms with E-state index in [0.29, 0.717) is 49.9 Å². The molecule has 0 saturated carbocycles. The molecule has 8 heteroatoms. The molecular weight excluding hydrogens is 411 g/mol. The number of nitrogens with zero attached hydrogens (tertiary/aromatic N) is 1. The van der Waals surface area contributed by atoms with Crippen LogP contribution in [0.25, 0.3) is 0 Å². The molecule has 1 saturated heterocycles. The zero-order chi connectivity index (χ0) is 20.2. The number of Topliss-reactive ketones (excluding diaryl/α,β-unsaturated/α-hetero) is 1. The SMILES string of the molecule is Cl.O=C(CCC(=O)N1CCNCC1c1cccc(F)c1)c1ccc2c(c1)OCCO2. The first-order valence-corrected chi connectivity index (χ1v) is 9.80. The molecule has 2 heterocycles. The summed E-state index contributed by atoms with van der Waals surface area (Å²) in [6.07, 6.45) is 0.220. The predicted octanol–water partition coefficient (Wildman–Crippen LogP) is 3.15. The van der Waals surface area contributed by atoms with Crippen molar-refractivity contribution in [3.8, 4) is 11.5 Å². The molecule has 0 spiro atoms. The fourth-order valence-corrected chi connectivity index (χ4v) is 3.74. The molecule has 0 aliphatic carbocycles. The second-order valence-electron chi connectivity index (χ2n) is 7.14. The number of fused-ring (bicyclic) bond motifs is 1. The van der Waals surface area contributed by atoms with Crippen LogP contribution in [0, 0.1) is 5.82 Å². The van der Waals surface area contributed by atoms with Crippen LogP contribution in [0.1, 0.15) is 34.8 Å². The summed E-state index contributed by atoms with van der Waals surface area (Å²) in [7, 11) is 0. The molecule has 30 heavy (non-hydrogen) atoms. The zero-order valence-electron chi connectivity index (χ0n) is 16.4. The molecule has 0 radical (unpaired) electrons. The molecule has 6 nitrogen and oxygen atoms in total. The lowest BCUT2D eigenvalue weighted by atomic mass is 10.0. The van der Waals surface area contributed by atoms with Gasteiger partial charge < -0.3 is 19.7 Å². The van der Waals surface area contributed by atoms with E-state index < -0.39 is 0 Å². The molecule has 1 atom stereocenters. The summed E-state index contributed by atoms with van der Waals surface area (Å²) in [5.41, 5.74) is 1.26. The van der Waals surface area contributed by atoms with Gasteiger partial charge in [-0.2, -0.15) is 0 Å². The Labute approximate surface area is 180 Å². The lowest BCUT2D eigenvalue weighted by Gasteiger charge is -2.36. The summed E-state index contributed by atoms with van der Waals surface area (Å²) in [5, 5.41) is 3.25. The Morgan fingerprint density at radius 3 is 2.67 bits per heavy atom. The number of nitrogens with one attached hydrogen (secondary N) is 1. The van der Waals surface area contributed by atoms with Crippen LogP contribution >= 0.6 is 12.4 Å². The number of halogens is 2. The van der Waals surface area contributed by atoms with Crippen molar-refractivity contribution in [2.24, 2.45) is 0 Å². The van der Waals surface area contributed by atoms with Gasteiger partial charge in [0, 0.05) is 38.0 Å². The van der Waals surface area contributed by atoms with E-state index in [9.17, 15) is 14.0 Å². The number of carbonyl (C=O) groups is 2. The second kappa shape index (κ2) is 9.91. The van der Waals surface area contributed by atoms with Crippen LogP contribution in [0.3, 0.4) is 0 Å². The van der Waals surface area contributed by atoms with Gasteiger partial charge in [0.25, 0.3) is 0 Å². The monoisotopic (exact) mass is 434 g/mol. The number of ketones is 1. The zero-order valence-corrected chi connectivity index (χ0v) is 17.3. The molecule has 2 aliphatic heterocycles. The number of amides is 1. The summed E-state index contributed by atoms with van der Waals surface area (Å²) in [6, 6.07) is 11.2. The van der Waals surface area contributed by atoms with Crippen molar-refractivity contribution >= 4 is 24.1 Å². The highest BCUT2D eigenvalue weighted by Gasteiger charge is 2.28. The second-order valence-corrected chi connectivity index (χ2v) is 7.14. The molecule has 160 valence electrons. The number of hydrogen-bond donors (Lipinski definition) is 1. The van der Waals surface area contributed by atoms with E-state index in [0.717, 1.165) is 5.56 Å². The standard InChI is InChI=1S/C22H23FN2O4.ClH/c23-17-3-1-2-15(12-17)18-14-24-8-9-25(18)22(27)7-5-19(26)16-4-6-20-21(13-16)29-11-10-28-20;/h1-4,6,12-13,18,24H,5,7-11,14H2;1H. The van der Waals surface area contributed by atoms with Crippen molar-refractivity contribution in [2.75, 3.05) is 32.8 Å². The first-order valence-electron chi connectivity index (χ1n) is 9.80.